The van der Waals surface area contributed by atoms with Gasteiger partial charge >= 0.3 is 0 Å². The van der Waals surface area contributed by atoms with Crippen LogP contribution >= 0.6 is 0 Å². The van der Waals surface area contributed by atoms with Crippen LogP contribution in [0.15, 0.2) is 42.6 Å². The molecule has 12 heteroatoms. The summed E-state index contributed by atoms with van der Waals surface area (Å²) in [6.45, 7) is 5.33. The molecule has 5 rings (SSSR count). The van der Waals surface area contributed by atoms with E-state index in [1.165, 1.54) is 0 Å². The minimum atomic E-state index is -0.884. The van der Waals surface area contributed by atoms with Gasteiger partial charge < -0.3 is 19.3 Å². The smallest absolute Gasteiger partial charge is 0.249 e. The number of morpholine rings is 1. The van der Waals surface area contributed by atoms with Crippen molar-refractivity contribution in [2.45, 2.75) is 38.3 Å². The van der Waals surface area contributed by atoms with E-state index >= 15 is 0 Å². The van der Waals surface area contributed by atoms with Crippen molar-refractivity contribution in [3.05, 3.63) is 65.4 Å². The molecule has 2 aliphatic rings. The van der Waals surface area contributed by atoms with E-state index < -0.39 is 29.1 Å². The number of ether oxygens (including phenoxy) is 3. The second-order valence-electron chi connectivity index (χ2n) is 11.5. The number of methoxy groups -OCH3 is 1. The molecule has 0 radical (unpaired) electrons. The minimum absolute atomic E-state index is 0.122. The first-order valence-electron chi connectivity index (χ1n) is 15.0. The number of hydrogen-bond donors (Lipinski definition) is 3. The lowest BCUT2D eigenvalue weighted by atomic mass is 9.73. The van der Waals surface area contributed by atoms with Crippen molar-refractivity contribution in [2.24, 2.45) is 5.41 Å². The van der Waals surface area contributed by atoms with Crippen LogP contribution in [0.3, 0.4) is 0 Å². The molecule has 1 atom stereocenters. The van der Waals surface area contributed by atoms with E-state index in [4.69, 9.17) is 14.2 Å². The summed E-state index contributed by atoms with van der Waals surface area (Å²) in [6.07, 6.45) is 2.52. The molecular formula is C32H40F2N4O6. The van der Waals surface area contributed by atoms with Gasteiger partial charge in [0.25, 0.3) is 0 Å². The zero-order valence-corrected chi connectivity index (χ0v) is 24.9. The Bertz CT molecular complexity index is 1410. The fourth-order valence-corrected chi connectivity index (χ4v) is 6.26. The standard InChI is InChI=1S/C32H40F2N4O6/c1-42-25-2-3-28-27(19-25)30(22(20-35-28)21-38-10-13-43-14-11-38)29(39)4-5-32(31(40)36-41)6-8-37(9-7-32)12-15-44-26-17-23(33)16-24(34)18-26/h2-3,16-20,29,39,41H,4-15,21H2,1H3,(H,36,40)/t29-/m1/s1. The van der Waals surface area contributed by atoms with Crippen LogP contribution in [0.25, 0.3) is 10.9 Å². The van der Waals surface area contributed by atoms with Gasteiger partial charge in [-0.2, -0.15) is 0 Å². The van der Waals surface area contributed by atoms with Gasteiger partial charge in [-0.25, -0.2) is 14.3 Å². The van der Waals surface area contributed by atoms with Crippen molar-refractivity contribution in [3.63, 3.8) is 0 Å². The van der Waals surface area contributed by atoms with Gasteiger partial charge in [0.2, 0.25) is 5.91 Å². The third kappa shape index (κ3) is 7.62. The van der Waals surface area contributed by atoms with Crippen LogP contribution in [0.2, 0.25) is 0 Å². The summed E-state index contributed by atoms with van der Waals surface area (Å²) in [5, 5.41) is 22.2. The molecule has 2 aliphatic heterocycles. The number of hydroxylamine groups is 1. The first-order chi connectivity index (χ1) is 21.3. The normalized spacial score (nSPS) is 18.2. The fourth-order valence-electron chi connectivity index (χ4n) is 6.26. The highest BCUT2D eigenvalue weighted by Crippen LogP contribution is 2.40. The third-order valence-corrected chi connectivity index (χ3v) is 8.84. The summed E-state index contributed by atoms with van der Waals surface area (Å²) < 4.78 is 43.4. The number of nitrogens with zero attached hydrogens (tertiary/aromatic N) is 3. The number of aliphatic hydroxyl groups excluding tert-OH is 1. The van der Waals surface area contributed by atoms with Crippen molar-refractivity contribution >= 4 is 16.8 Å². The molecule has 3 N–H and O–H groups in total. The Hall–Kier alpha value is -3.42. The molecule has 0 unspecified atom stereocenters. The fraction of sp³-hybridized carbons (Fsp3) is 0.500. The quantitative estimate of drug-likeness (QED) is 0.207. The van der Waals surface area contributed by atoms with E-state index in [-0.39, 0.29) is 12.4 Å². The number of rotatable bonds is 12. The second kappa shape index (κ2) is 14.6. The Morgan fingerprint density at radius 3 is 2.48 bits per heavy atom. The summed E-state index contributed by atoms with van der Waals surface area (Å²) in [5.74, 6) is -1.09. The summed E-state index contributed by atoms with van der Waals surface area (Å²) in [7, 11) is 1.60. The van der Waals surface area contributed by atoms with Crippen LogP contribution in [-0.2, 0) is 16.1 Å². The molecule has 3 heterocycles. The predicted molar refractivity (Wildman–Crippen MR) is 158 cm³/mol. The third-order valence-electron chi connectivity index (χ3n) is 8.84. The van der Waals surface area contributed by atoms with Gasteiger partial charge in [0, 0.05) is 56.0 Å². The van der Waals surface area contributed by atoms with Crippen LogP contribution in [0.1, 0.15) is 42.9 Å². The van der Waals surface area contributed by atoms with Crippen LogP contribution < -0.4 is 15.0 Å². The number of halogens is 2. The number of fused-ring (bicyclic) bond motifs is 1. The summed E-state index contributed by atoms with van der Waals surface area (Å²) >= 11 is 0. The largest absolute Gasteiger partial charge is 0.497 e. The number of nitrogens with one attached hydrogen (secondary N) is 1. The van der Waals surface area contributed by atoms with Crippen molar-refractivity contribution in [2.75, 3.05) is 59.7 Å². The molecule has 2 aromatic carbocycles. The number of likely N-dealkylation sites (tertiary alicyclic amines) is 1. The number of piperidine rings is 1. The van der Waals surface area contributed by atoms with Crippen molar-refractivity contribution in [1.82, 2.24) is 20.3 Å². The van der Waals surface area contributed by atoms with E-state index in [9.17, 15) is 23.9 Å². The highest BCUT2D eigenvalue weighted by molar-refractivity contribution is 5.85. The van der Waals surface area contributed by atoms with Gasteiger partial charge in [0.15, 0.2) is 0 Å². The average molecular weight is 615 g/mol. The minimum Gasteiger partial charge on any atom is -0.497 e. The highest BCUT2D eigenvalue weighted by Gasteiger charge is 2.41. The Morgan fingerprint density at radius 1 is 1.07 bits per heavy atom. The van der Waals surface area contributed by atoms with E-state index in [0.717, 1.165) is 53.3 Å². The zero-order chi connectivity index (χ0) is 31.1. The number of aromatic nitrogens is 1. The number of pyridine rings is 1. The predicted octanol–water partition coefficient (Wildman–Crippen LogP) is 3.83. The van der Waals surface area contributed by atoms with Gasteiger partial charge in [-0.15, -0.1) is 0 Å². The molecule has 10 nitrogen and oxygen atoms in total. The Balaban J connectivity index is 1.27. The monoisotopic (exact) mass is 614 g/mol. The molecule has 44 heavy (non-hydrogen) atoms. The number of hydrogen-bond acceptors (Lipinski definition) is 9. The lowest BCUT2D eigenvalue weighted by Crippen LogP contribution is -2.49. The number of carbonyl (C=O) groups excluding carboxylic acids is 1. The first kappa shape index (κ1) is 32.0. The van der Waals surface area contributed by atoms with Crippen molar-refractivity contribution in [3.8, 4) is 11.5 Å². The number of amides is 1. The second-order valence-corrected chi connectivity index (χ2v) is 11.5. The molecule has 0 saturated carbocycles. The van der Waals surface area contributed by atoms with Crippen LogP contribution in [-0.4, -0.2) is 90.7 Å². The van der Waals surface area contributed by atoms with Gasteiger partial charge in [0.1, 0.15) is 29.7 Å². The molecule has 2 saturated heterocycles. The van der Waals surface area contributed by atoms with Crippen LogP contribution in [0.5, 0.6) is 11.5 Å². The molecule has 3 aromatic rings. The van der Waals surface area contributed by atoms with E-state index in [0.29, 0.717) is 70.8 Å². The maximum atomic E-state index is 13.5. The van der Waals surface area contributed by atoms with Gasteiger partial charge in [-0.3, -0.25) is 24.8 Å². The maximum Gasteiger partial charge on any atom is 0.249 e. The molecule has 0 spiro atoms. The molecule has 0 bridgehead atoms. The molecular weight excluding hydrogens is 574 g/mol. The SMILES string of the molecule is COc1ccc2ncc(CN3CCOCC3)c([C@H](O)CCC3(C(=O)NO)CCN(CCOc4cc(F)cc(F)c4)CC3)c2c1. The highest BCUT2D eigenvalue weighted by atomic mass is 19.1. The van der Waals surface area contributed by atoms with E-state index in [1.807, 2.05) is 29.9 Å². The van der Waals surface area contributed by atoms with Crippen molar-refractivity contribution < 1.29 is 38.1 Å². The van der Waals surface area contributed by atoms with Gasteiger partial charge in [-0.1, -0.05) is 0 Å². The van der Waals surface area contributed by atoms with Crippen LogP contribution in [0.4, 0.5) is 8.78 Å². The number of carbonyl (C=O) groups is 1. The molecule has 238 valence electrons. The van der Waals surface area contributed by atoms with Gasteiger partial charge in [-0.05, 0) is 68.1 Å². The maximum absolute atomic E-state index is 13.5. The van der Waals surface area contributed by atoms with Gasteiger partial charge in [0.05, 0.1) is 37.4 Å². The number of aliphatic hydroxyl groups is 1. The summed E-state index contributed by atoms with van der Waals surface area (Å²) in [6, 6.07) is 8.65. The molecule has 2 fully saturated rings. The van der Waals surface area contributed by atoms with Crippen LogP contribution in [0, 0.1) is 17.0 Å². The average Bonchev–Trinajstić information content (AvgIpc) is 3.03. The molecule has 1 amide bonds. The lowest BCUT2D eigenvalue weighted by Gasteiger charge is -2.40. The molecule has 0 aliphatic carbocycles. The number of benzene rings is 2. The van der Waals surface area contributed by atoms with E-state index in [1.54, 1.807) is 7.11 Å². The van der Waals surface area contributed by atoms with Crippen molar-refractivity contribution in [1.29, 1.82) is 0 Å². The lowest BCUT2D eigenvalue weighted by molar-refractivity contribution is -0.143. The Labute approximate surface area is 255 Å². The summed E-state index contributed by atoms with van der Waals surface area (Å²) in [5.41, 5.74) is 3.41. The summed E-state index contributed by atoms with van der Waals surface area (Å²) in [4.78, 5) is 22.1. The molecule has 1 aromatic heterocycles. The Morgan fingerprint density at radius 2 is 1.80 bits per heavy atom. The van der Waals surface area contributed by atoms with E-state index in [2.05, 4.69) is 14.8 Å². The zero-order valence-electron chi connectivity index (χ0n) is 24.9. The Kier molecular flexibility index (Phi) is 10.6. The first-order valence-corrected chi connectivity index (χ1v) is 15.0. The topological polar surface area (TPSA) is 117 Å².